The number of para-hydroxylation sites is 1. The van der Waals surface area contributed by atoms with Crippen molar-refractivity contribution in [1.29, 1.82) is 0 Å². The fraction of sp³-hybridized carbons (Fsp3) is 0.333. The molecule has 0 atom stereocenters. The minimum atomic E-state index is 0.650. The van der Waals surface area contributed by atoms with Crippen LogP contribution >= 0.6 is 0 Å². The van der Waals surface area contributed by atoms with Crippen LogP contribution in [-0.2, 0) is 13.5 Å². The molecule has 84 valence electrons. The highest BCUT2D eigenvalue weighted by molar-refractivity contribution is 5.83. The summed E-state index contributed by atoms with van der Waals surface area (Å²) in [6, 6.07) is 8.28. The summed E-state index contributed by atoms with van der Waals surface area (Å²) in [5.74, 6) is 0. The predicted octanol–water partition coefficient (Wildman–Crippen LogP) is 2.33. The van der Waals surface area contributed by atoms with Crippen LogP contribution in [0.5, 0.6) is 0 Å². The van der Waals surface area contributed by atoms with Gasteiger partial charge in [-0.05, 0) is 18.1 Å². The molecule has 0 spiro atoms. The molecule has 1 aromatic carbocycles. The molecule has 0 saturated heterocycles. The Kier molecular flexibility index (Phi) is 2.90. The number of aryl methyl sites for hydroxylation is 1. The summed E-state index contributed by atoms with van der Waals surface area (Å²) in [6.07, 6.45) is 2.95. The lowest BCUT2D eigenvalue weighted by molar-refractivity contribution is 0.354. The van der Waals surface area contributed by atoms with Gasteiger partial charge in [-0.3, -0.25) is 5.01 Å². The summed E-state index contributed by atoms with van der Waals surface area (Å²) >= 11 is 0. The van der Waals surface area contributed by atoms with Crippen molar-refractivity contribution >= 4 is 10.9 Å². The third-order valence-corrected chi connectivity index (χ3v) is 2.82. The van der Waals surface area contributed by atoms with Gasteiger partial charge >= 0.3 is 0 Å². The van der Waals surface area contributed by atoms with Crippen molar-refractivity contribution in [2.45, 2.75) is 6.42 Å². The number of hydrogen-bond acceptors (Lipinski definition) is 2. The van der Waals surface area contributed by atoms with Gasteiger partial charge in [0.05, 0.1) is 5.29 Å². The van der Waals surface area contributed by atoms with Crippen molar-refractivity contribution in [3.63, 3.8) is 0 Å². The van der Waals surface area contributed by atoms with Crippen LogP contribution in [0.15, 0.2) is 35.7 Å². The van der Waals surface area contributed by atoms with Crippen LogP contribution in [0.1, 0.15) is 5.56 Å². The molecular weight excluding hydrogens is 202 g/mol. The maximum absolute atomic E-state index is 10.3. The smallest absolute Gasteiger partial charge is 0.0521 e. The first-order valence-electron chi connectivity index (χ1n) is 5.29. The van der Waals surface area contributed by atoms with E-state index in [-0.39, 0.29) is 0 Å². The van der Waals surface area contributed by atoms with Gasteiger partial charge in [0.15, 0.2) is 0 Å². The van der Waals surface area contributed by atoms with Gasteiger partial charge in [-0.1, -0.05) is 18.2 Å². The Morgan fingerprint density at radius 1 is 1.38 bits per heavy atom. The SMILES string of the molecule is CN(CCc1cn(C)c2ccccc12)N=O. The van der Waals surface area contributed by atoms with Crippen LogP contribution in [0, 0.1) is 4.91 Å². The molecule has 0 amide bonds. The average molecular weight is 217 g/mol. The fourth-order valence-electron chi connectivity index (χ4n) is 1.95. The predicted molar refractivity (Wildman–Crippen MR) is 65.0 cm³/mol. The van der Waals surface area contributed by atoms with Gasteiger partial charge in [-0.15, -0.1) is 4.91 Å². The van der Waals surface area contributed by atoms with Gasteiger partial charge in [0.25, 0.3) is 0 Å². The highest BCUT2D eigenvalue weighted by Crippen LogP contribution is 2.20. The molecule has 2 rings (SSSR count). The third kappa shape index (κ3) is 1.91. The van der Waals surface area contributed by atoms with E-state index in [1.54, 1.807) is 7.05 Å². The Balaban J connectivity index is 2.27. The second-order valence-electron chi connectivity index (χ2n) is 4.00. The van der Waals surface area contributed by atoms with E-state index in [2.05, 4.69) is 28.2 Å². The van der Waals surface area contributed by atoms with Crippen molar-refractivity contribution in [2.24, 2.45) is 12.3 Å². The minimum absolute atomic E-state index is 0.650. The molecule has 0 fully saturated rings. The molecule has 0 unspecified atom stereocenters. The molecule has 2 aromatic rings. The fourth-order valence-corrected chi connectivity index (χ4v) is 1.95. The molecule has 4 heteroatoms. The van der Waals surface area contributed by atoms with E-state index in [1.807, 2.05) is 19.2 Å². The van der Waals surface area contributed by atoms with Crippen molar-refractivity contribution in [3.8, 4) is 0 Å². The Hall–Kier alpha value is -1.84. The molecule has 0 aliphatic heterocycles. The van der Waals surface area contributed by atoms with E-state index in [4.69, 9.17) is 0 Å². The lowest BCUT2D eigenvalue weighted by Gasteiger charge is -2.06. The average Bonchev–Trinajstić information content (AvgIpc) is 2.64. The number of fused-ring (bicyclic) bond motifs is 1. The zero-order valence-electron chi connectivity index (χ0n) is 9.55. The molecule has 0 aliphatic carbocycles. The summed E-state index contributed by atoms with van der Waals surface area (Å²) in [5, 5.41) is 5.54. The molecule has 1 heterocycles. The summed E-state index contributed by atoms with van der Waals surface area (Å²) in [7, 11) is 3.73. The molecule has 4 nitrogen and oxygen atoms in total. The summed E-state index contributed by atoms with van der Waals surface area (Å²) in [5.41, 5.74) is 2.48. The topological polar surface area (TPSA) is 37.6 Å². The maximum atomic E-state index is 10.3. The van der Waals surface area contributed by atoms with Crippen molar-refractivity contribution < 1.29 is 0 Å². The van der Waals surface area contributed by atoms with Crippen molar-refractivity contribution in [1.82, 2.24) is 9.58 Å². The first kappa shape index (κ1) is 10.7. The number of nitrogens with zero attached hydrogens (tertiary/aromatic N) is 3. The van der Waals surface area contributed by atoms with Crippen LogP contribution in [-0.4, -0.2) is 23.2 Å². The van der Waals surface area contributed by atoms with Crippen LogP contribution < -0.4 is 0 Å². The number of rotatable bonds is 4. The molecule has 1 aromatic heterocycles. The zero-order valence-corrected chi connectivity index (χ0v) is 9.55. The molecule has 0 N–H and O–H groups in total. The van der Waals surface area contributed by atoms with E-state index in [0.717, 1.165) is 6.42 Å². The minimum Gasteiger partial charge on any atom is -0.350 e. The molecule has 16 heavy (non-hydrogen) atoms. The molecule has 0 radical (unpaired) electrons. The van der Waals surface area contributed by atoms with Gasteiger partial charge < -0.3 is 4.57 Å². The monoisotopic (exact) mass is 217 g/mol. The van der Waals surface area contributed by atoms with Crippen LogP contribution in [0.25, 0.3) is 10.9 Å². The van der Waals surface area contributed by atoms with Gasteiger partial charge in [-0.25, -0.2) is 0 Å². The van der Waals surface area contributed by atoms with E-state index in [1.165, 1.54) is 21.5 Å². The number of nitroso groups, excluding NO2 is 1. The molecule has 0 saturated carbocycles. The van der Waals surface area contributed by atoms with Crippen LogP contribution in [0.2, 0.25) is 0 Å². The molecule has 0 aliphatic rings. The van der Waals surface area contributed by atoms with Crippen molar-refractivity contribution in [3.05, 3.63) is 40.9 Å². The van der Waals surface area contributed by atoms with E-state index < -0.39 is 0 Å². The van der Waals surface area contributed by atoms with E-state index in [0.29, 0.717) is 6.54 Å². The van der Waals surface area contributed by atoms with Gasteiger partial charge in [-0.2, -0.15) is 0 Å². The van der Waals surface area contributed by atoms with E-state index in [9.17, 15) is 4.91 Å². The van der Waals surface area contributed by atoms with Gasteiger partial charge in [0, 0.05) is 37.7 Å². The standard InChI is InChI=1S/C12H15N3O/c1-14-9-10(7-8-15(2)13-16)11-5-3-4-6-12(11)14/h3-6,9H,7-8H2,1-2H3. The second-order valence-corrected chi connectivity index (χ2v) is 4.00. The quantitative estimate of drug-likeness (QED) is 0.582. The highest BCUT2D eigenvalue weighted by atomic mass is 16.3. The van der Waals surface area contributed by atoms with Gasteiger partial charge in [0.1, 0.15) is 0 Å². The summed E-state index contributed by atoms with van der Waals surface area (Å²) < 4.78 is 2.11. The first-order valence-corrected chi connectivity index (χ1v) is 5.29. The lowest BCUT2D eigenvalue weighted by atomic mass is 10.1. The Bertz CT molecular complexity index is 504. The summed E-state index contributed by atoms with van der Waals surface area (Å²) in [4.78, 5) is 10.3. The summed E-state index contributed by atoms with van der Waals surface area (Å²) in [6.45, 7) is 0.650. The lowest BCUT2D eigenvalue weighted by Crippen LogP contribution is -2.13. The first-order chi connectivity index (χ1) is 7.72. The van der Waals surface area contributed by atoms with Crippen LogP contribution in [0.4, 0.5) is 0 Å². The molecular formula is C12H15N3O. The van der Waals surface area contributed by atoms with Crippen molar-refractivity contribution in [2.75, 3.05) is 13.6 Å². The van der Waals surface area contributed by atoms with Gasteiger partial charge in [0.2, 0.25) is 0 Å². The highest BCUT2D eigenvalue weighted by Gasteiger charge is 2.06. The third-order valence-electron chi connectivity index (χ3n) is 2.82. The maximum Gasteiger partial charge on any atom is 0.0521 e. The van der Waals surface area contributed by atoms with E-state index >= 15 is 0 Å². The number of likely N-dealkylation sites (N-methyl/N-ethyl adjacent to an activating group) is 1. The zero-order chi connectivity index (χ0) is 11.5. The Morgan fingerprint density at radius 2 is 2.12 bits per heavy atom. The second kappa shape index (κ2) is 4.35. The normalized spacial score (nSPS) is 10.6. The molecule has 0 bridgehead atoms. The number of benzene rings is 1. The number of hydrogen-bond donors (Lipinski definition) is 0. The Morgan fingerprint density at radius 3 is 2.88 bits per heavy atom. The number of aromatic nitrogens is 1. The van der Waals surface area contributed by atoms with Crippen LogP contribution in [0.3, 0.4) is 0 Å². The Labute approximate surface area is 94.4 Å². The largest absolute Gasteiger partial charge is 0.350 e.